The predicted octanol–water partition coefficient (Wildman–Crippen LogP) is 3.13. The molecule has 5 nitrogen and oxygen atoms in total. The van der Waals surface area contributed by atoms with Gasteiger partial charge in [-0.25, -0.2) is 0 Å². The Bertz CT molecular complexity index is 626. The van der Waals surface area contributed by atoms with Gasteiger partial charge in [0.25, 0.3) is 0 Å². The van der Waals surface area contributed by atoms with Crippen LogP contribution in [0.3, 0.4) is 0 Å². The van der Waals surface area contributed by atoms with E-state index in [4.69, 9.17) is 4.74 Å². The zero-order valence-electron chi connectivity index (χ0n) is 18.6. The standard InChI is InChI=1S/C23H38BN3O2/c1-19(2)29-18-20(3)25-12-6-5-7-13-26-14-16-27(17-15-26)22-10-8-21(9-11-22)23(28)24-4/h8-11,19,24-25H,3,5-7,12-18H2,1-2,4H3. The van der Waals surface area contributed by atoms with Crippen LogP contribution in [0.2, 0.25) is 6.82 Å². The normalized spacial score (nSPS) is 14.8. The largest absolute Gasteiger partial charge is 0.387 e. The third-order valence-corrected chi connectivity index (χ3v) is 5.36. The quantitative estimate of drug-likeness (QED) is 0.408. The van der Waals surface area contributed by atoms with Crippen molar-refractivity contribution in [2.75, 3.05) is 50.8 Å². The third kappa shape index (κ3) is 8.63. The summed E-state index contributed by atoms with van der Waals surface area (Å²) in [6.45, 7) is 17.1. The molecule has 160 valence electrons. The van der Waals surface area contributed by atoms with Gasteiger partial charge in [0, 0.05) is 49.7 Å². The van der Waals surface area contributed by atoms with Crippen LogP contribution in [0.5, 0.6) is 0 Å². The Balaban J connectivity index is 1.56. The SMILES string of the molecule is C=C(COC(C)C)NCCCCCN1CCN(c2ccc(C(=O)BC)cc2)CC1. The van der Waals surface area contributed by atoms with E-state index in [1.807, 2.05) is 32.8 Å². The smallest absolute Gasteiger partial charge is 0.208 e. The minimum atomic E-state index is 0.213. The highest BCUT2D eigenvalue weighted by Crippen LogP contribution is 2.18. The summed E-state index contributed by atoms with van der Waals surface area (Å²) in [5.41, 5.74) is 3.23. The summed E-state index contributed by atoms with van der Waals surface area (Å²) in [6.07, 6.45) is 3.89. The number of carbonyl (C=O) groups is 1. The lowest BCUT2D eigenvalue weighted by Crippen LogP contribution is -2.46. The molecule has 1 N–H and O–H groups in total. The van der Waals surface area contributed by atoms with E-state index < -0.39 is 0 Å². The number of hydrogen-bond donors (Lipinski definition) is 1. The highest BCUT2D eigenvalue weighted by molar-refractivity contribution is 6.76. The molecule has 0 aliphatic carbocycles. The molecule has 0 spiro atoms. The average Bonchev–Trinajstić information content (AvgIpc) is 2.74. The third-order valence-electron chi connectivity index (χ3n) is 5.36. The average molecular weight is 399 g/mol. The summed E-state index contributed by atoms with van der Waals surface area (Å²) in [6, 6.07) is 8.10. The fourth-order valence-corrected chi connectivity index (χ4v) is 3.51. The number of nitrogens with one attached hydrogen (secondary N) is 1. The lowest BCUT2D eigenvalue weighted by Gasteiger charge is -2.36. The molecule has 0 bridgehead atoms. The molecule has 0 atom stereocenters. The molecule has 1 aliphatic heterocycles. The molecule has 29 heavy (non-hydrogen) atoms. The van der Waals surface area contributed by atoms with Crippen LogP contribution in [-0.4, -0.2) is 69.8 Å². The van der Waals surface area contributed by atoms with Gasteiger partial charge < -0.3 is 19.7 Å². The lowest BCUT2D eigenvalue weighted by molar-refractivity contribution is 0.0944. The molecule has 1 heterocycles. The van der Waals surface area contributed by atoms with Gasteiger partial charge in [0.15, 0.2) is 0 Å². The number of rotatable bonds is 13. The van der Waals surface area contributed by atoms with Gasteiger partial charge in [-0.05, 0) is 45.4 Å². The summed E-state index contributed by atoms with van der Waals surface area (Å²) < 4.78 is 5.54. The van der Waals surface area contributed by atoms with Crippen molar-refractivity contribution in [3.63, 3.8) is 0 Å². The molecule has 1 aromatic rings. The molecule has 1 aliphatic rings. The number of nitrogens with zero attached hydrogens (tertiary/aromatic N) is 2. The van der Waals surface area contributed by atoms with E-state index in [1.54, 1.807) is 0 Å². The van der Waals surface area contributed by atoms with Crippen molar-refractivity contribution in [3.8, 4) is 0 Å². The van der Waals surface area contributed by atoms with Crippen LogP contribution in [-0.2, 0) is 4.74 Å². The number of ether oxygens (including phenoxy) is 1. The molecule has 1 aromatic carbocycles. The van der Waals surface area contributed by atoms with Crippen LogP contribution in [0.1, 0.15) is 43.5 Å². The highest BCUT2D eigenvalue weighted by atomic mass is 16.5. The van der Waals surface area contributed by atoms with Gasteiger partial charge in [0.2, 0.25) is 7.28 Å². The van der Waals surface area contributed by atoms with Gasteiger partial charge in [-0.2, -0.15) is 0 Å². The molecule has 0 aromatic heterocycles. The van der Waals surface area contributed by atoms with Crippen molar-refractivity contribution >= 4 is 18.6 Å². The zero-order valence-corrected chi connectivity index (χ0v) is 18.6. The van der Waals surface area contributed by atoms with Crippen molar-refractivity contribution in [1.82, 2.24) is 10.2 Å². The number of carbonyl (C=O) groups excluding carboxylic acids is 1. The minimum absolute atomic E-state index is 0.213. The van der Waals surface area contributed by atoms with Gasteiger partial charge in [-0.3, -0.25) is 4.90 Å². The number of benzene rings is 1. The van der Waals surface area contributed by atoms with Crippen molar-refractivity contribution < 1.29 is 9.53 Å². The lowest BCUT2D eigenvalue weighted by atomic mass is 9.73. The summed E-state index contributed by atoms with van der Waals surface area (Å²) in [5.74, 6) is 0. The first kappa shape index (κ1) is 23.5. The Morgan fingerprint density at radius 2 is 1.83 bits per heavy atom. The van der Waals surface area contributed by atoms with Crippen LogP contribution in [0.15, 0.2) is 36.5 Å². The van der Waals surface area contributed by atoms with Crippen molar-refractivity contribution in [1.29, 1.82) is 0 Å². The first-order chi connectivity index (χ1) is 14.0. The van der Waals surface area contributed by atoms with Gasteiger partial charge in [0.1, 0.15) is 5.68 Å². The maximum atomic E-state index is 11.8. The van der Waals surface area contributed by atoms with Gasteiger partial charge in [-0.15, -0.1) is 0 Å². The summed E-state index contributed by atoms with van der Waals surface area (Å²) in [4.78, 5) is 16.7. The van der Waals surface area contributed by atoms with Crippen molar-refractivity contribution in [2.45, 2.75) is 46.0 Å². The fourth-order valence-electron chi connectivity index (χ4n) is 3.51. The molecule has 0 amide bonds. The molecule has 0 saturated carbocycles. The van der Waals surface area contributed by atoms with Gasteiger partial charge >= 0.3 is 0 Å². The maximum absolute atomic E-state index is 11.8. The first-order valence-corrected chi connectivity index (χ1v) is 11.1. The first-order valence-electron chi connectivity index (χ1n) is 11.1. The van der Waals surface area contributed by atoms with Crippen molar-refractivity contribution in [2.24, 2.45) is 0 Å². The monoisotopic (exact) mass is 399 g/mol. The Labute approximate surface area is 177 Å². The number of piperazine rings is 1. The number of hydrogen-bond acceptors (Lipinski definition) is 5. The van der Waals surface area contributed by atoms with E-state index in [9.17, 15) is 4.79 Å². The van der Waals surface area contributed by atoms with Crippen LogP contribution < -0.4 is 10.2 Å². The molecule has 0 radical (unpaired) electrons. The van der Waals surface area contributed by atoms with Crippen LogP contribution >= 0.6 is 0 Å². The Kier molecular flexibility index (Phi) is 10.3. The minimum Gasteiger partial charge on any atom is -0.387 e. The molecule has 0 unspecified atom stereocenters. The Morgan fingerprint density at radius 1 is 1.14 bits per heavy atom. The highest BCUT2D eigenvalue weighted by Gasteiger charge is 2.17. The van der Waals surface area contributed by atoms with Crippen molar-refractivity contribution in [3.05, 3.63) is 42.1 Å². The summed E-state index contributed by atoms with van der Waals surface area (Å²) >= 11 is 0. The van der Waals surface area contributed by atoms with E-state index in [1.165, 1.54) is 31.5 Å². The fraction of sp³-hybridized carbons (Fsp3) is 0.609. The second-order valence-electron chi connectivity index (χ2n) is 8.10. The predicted molar refractivity (Wildman–Crippen MR) is 125 cm³/mol. The van der Waals surface area contributed by atoms with E-state index in [0.29, 0.717) is 13.9 Å². The molecule has 1 fully saturated rings. The number of unbranched alkanes of at least 4 members (excludes halogenated alkanes) is 2. The van der Waals surface area contributed by atoms with Crippen LogP contribution in [0, 0.1) is 0 Å². The molecule has 2 rings (SSSR count). The maximum Gasteiger partial charge on any atom is 0.208 e. The topological polar surface area (TPSA) is 44.8 Å². The molecule has 6 heteroatoms. The molecular formula is C23H38BN3O2. The van der Waals surface area contributed by atoms with Gasteiger partial charge in [-0.1, -0.05) is 32.0 Å². The van der Waals surface area contributed by atoms with Crippen LogP contribution in [0.25, 0.3) is 0 Å². The van der Waals surface area contributed by atoms with E-state index in [-0.39, 0.29) is 11.8 Å². The Hall–Kier alpha value is -1.79. The second kappa shape index (κ2) is 12.7. The van der Waals surface area contributed by atoms with E-state index in [0.717, 1.165) is 44.0 Å². The van der Waals surface area contributed by atoms with E-state index in [2.05, 4.69) is 33.8 Å². The second-order valence-corrected chi connectivity index (χ2v) is 8.10. The van der Waals surface area contributed by atoms with E-state index >= 15 is 0 Å². The zero-order chi connectivity index (χ0) is 21.1. The summed E-state index contributed by atoms with van der Waals surface area (Å²) in [7, 11) is 0.565. The Morgan fingerprint density at radius 3 is 2.45 bits per heavy atom. The summed E-state index contributed by atoms with van der Waals surface area (Å²) in [5, 5.41) is 3.35. The van der Waals surface area contributed by atoms with Gasteiger partial charge in [0.05, 0.1) is 12.7 Å². The molecular weight excluding hydrogens is 361 g/mol. The molecule has 1 saturated heterocycles. The van der Waals surface area contributed by atoms with Crippen LogP contribution in [0.4, 0.5) is 5.69 Å². The number of anilines is 1.